The average molecular weight is 356 g/mol. The van der Waals surface area contributed by atoms with Crippen molar-refractivity contribution in [2.45, 2.75) is 58.9 Å². The number of anilines is 1. The van der Waals surface area contributed by atoms with Crippen LogP contribution in [0.25, 0.3) is 0 Å². The highest BCUT2D eigenvalue weighted by Gasteiger charge is 2.18. The summed E-state index contributed by atoms with van der Waals surface area (Å²) in [6, 6.07) is 0.350. The molecule has 0 aromatic carbocycles. The number of carbonyl (C=O) groups is 2. The molecule has 0 spiro atoms. The molecule has 1 rings (SSSR count). The van der Waals surface area contributed by atoms with Crippen LogP contribution < -0.4 is 11.1 Å². The van der Waals surface area contributed by atoms with E-state index in [-0.39, 0.29) is 12.5 Å². The van der Waals surface area contributed by atoms with Crippen LogP contribution in [-0.2, 0) is 32.4 Å². The number of hydrogen-bond donors (Lipinski definition) is 2. The summed E-state index contributed by atoms with van der Waals surface area (Å²) in [6.07, 6.45) is 1.56. The Morgan fingerprint density at radius 1 is 1.42 bits per heavy atom. The standard InChI is InChI=1S/C15H28N4O4Si/c1-11(18-12(2)20)15(21)23-8-13-14(16)17-9-19(13)10-22-6-7-24(3,4)5/h9,11H,6-8,10,16H2,1-5H3,(H,18,20)/t11-/m0/s1. The minimum Gasteiger partial charge on any atom is -0.458 e. The topological polar surface area (TPSA) is 108 Å². The third kappa shape index (κ3) is 7.13. The number of hydrogen-bond acceptors (Lipinski definition) is 6. The van der Waals surface area contributed by atoms with Crippen molar-refractivity contribution in [2.75, 3.05) is 12.3 Å². The van der Waals surface area contributed by atoms with E-state index < -0.39 is 20.1 Å². The van der Waals surface area contributed by atoms with Gasteiger partial charge in [0.05, 0.1) is 6.33 Å². The van der Waals surface area contributed by atoms with Crippen molar-refractivity contribution in [3.63, 3.8) is 0 Å². The number of esters is 1. The number of ether oxygens (including phenoxy) is 2. The van der Waals surface area contributed by atoms with E-state index in [0.717, 1.165) is 6.04 Å². The van der Waals surface area contributed by atoms with E-state index in [1.165, 1.54) is 6.92 Å². The third-order valence-corrected chi connectivity index (χ3v) is 5.03. The zero-order valence-corrected chi connectivity index (χ0v) is 16.1. The van der Waals surface area contributed by atoms with Gasteiger partial charge in [0, 0.05) is 21.6 Å². The molecule has 0 radical (unpaired) electrons. The highest BCUT2D eigenvalue weighted by molar-refractivity contribution is 6.76. The number of aromatic nitrogens is 2. The highest BCUT2D eigenvalue weighted by atomic mass is 28.3. The first-order valence-electron chi connectivity index (χ1n) is 7.91. The van der Waals surface area contributed by atoms with Crippen LogP contribution in [0.2, 0.25) is 25.7 Å². The van der Waals surface area contributed by atoms with E-state index in [1.54, 1.807) is 17.8 Å². The molecule has 0 aliphatic heterocycles. The molecule has 3 N–H and O–H groups in total. The summed E-state index contributed by atoms with van der Waals surface area (Å²) in [5.41, 5.74) is 6.39. The van der Waals surface area contributed by atoms with Gasteiger partial charge in [-0.05, 0) is 13.0 Å². The van der Waals surface area contributed by atoms with Gasteiger partial charge < -0.3 is 25.1 Å². The Morgan fingerprint density at radius 2 is 2.08 bits per heavy atom. The zero-order valence-electron chi connectivity index (χ0n) is 15.1. The molecule has 8 nitrogen and oxygen atoms in total. The Labute approximate surface area is 143 Å². The van der Waals surface area contributed by atoms with Gasteiger partial charge >= 0.3 is 5.97 Å². The van der Waals surface area contributed by atoms with Crippen molar-refractivity contribution >= 4 is 25.8 Å². The molecule has 1 amide bonds. The molecule has 0 saturated heterocycles. The molecule has 0 bridgehead atoms. The molecule has 1 aromatic rings. The fraction of sp³-hybridized carbons (Fsp3) is 0.667. The fourth-order valence-corrected chi connectivity index (χ4v) is 2.62. The number of nitrogen functional groups attached to an aromatic ring is 1. The van der Waals surface area contributed by atoms with Crippen molar-refractivity contribution in [3.05, 3.63) is 12.0 Å². The molecule has 136 valence electrons. The maximum absolute atomic E-state index is 11.8. The van der Waals surface area contributed by atoms with Crippen LogP contribution in [0.15, 0.2) is 6.33 Å². The molecule has 0 saturated carbocycles. The lowest BCUT2D eigenvalue weighted by molar-refractivity contribution is -0.148. The Kier molecular flexibility index (Phi) is 7.42. The number of carbonyl (C=O) groups excluding carboxylic acids is 2. The van der Waals surface area contributed by atoms with Crippen LogP contribution in [0.3, 0.4) is 0 Å². The van der Waals surface area contributed by atoms with Crippen LogP contribution >= 0.6 is 0 Å². The minimum atomic E-state index is -1.14. The summed E-state index contributed by atoms with van der Waals surface area (Å²) in [4.78, 5) is 26.8. The number of nitrogens with zero attached hydrogens (tertiary/aromatic N) is 2. The molecule has 0 unspecified atom stereocenters. The van der Waals surface area contributed by atoms with Gasteiger partial charge in [0.2, 0.25) is 5.91 Å². The fourth-order valence-electron chi connectivity index (χ4n) is 1.86. The van der Waals surface area contributed by atoms with Gasteiger partial charge in [0.1, 0.15) is 30.9 Å². The second-order valence-corrected chi connectivity index (χ2v) is 12.5. The van der Waals surface area contributed by atoms with E-state index in [4.69, 9.17) is 15.2 Å². The summed E-state index contributed by atoms with van der Waals surface area (Å²) >= 11 is 0. The van der Waals surface area contributed by atoms with Crippen LogP contribution in [0, 0.1) is 0 Å². The van der Waals surface area contributed by atoms with E-state index in [0.29, 0.717) is 24.8 Å². The maximum Gasteiger partial charge on any atom is 0.328 e. The molecule has 24 heavy (non-hydrogen) atoms. The SMILES string of the molecule is CC(=O)N[C@@H](C)C(=O)OCc1c(N)ncn1COCC[Si](C)(C)C. The van der Waals surface area contributed by atoms with Crippen LogP contribution in [0.4, 0.5) is 5.82 Å². The van der Waals surface area contributed by atoms with E-state index >= 15 is 0 Å². The lowest BCUT2D eigenvalue weighted by Gasteiger charge is -2.16. The quantitative estimate of drug-likeness (QED) is 0.393. The molecule has 0 aliphatic rings. The first kappa shape index (κ1) is 20.2. The number of rotatable bonds is 9. The van der Waals surface area contributed by atoms with Crippen LogP contribution in [0.1, 0.15) is 19.5 Å². The van der Waals surface area contributed by atoms with E-state index in [2.05, 4.69) is 29.9 Å². The van der Waals surface area contributed by atoms with Crippen molar-refractivity contribution in [3.8, 4) is 0 Å². The van der Waals surface area contributed by atoms with Crippen LogP contribution in [0.5, 0.6) is 0 Å². The molecular weight excluding hydrogens is 328 g/mol. The van der Waals surface area contributed by atoms with Gasteiger partial charge in [-0.2, -0.15) is 0 Å². The predicted molar refractivity (Wildman–Crippen MR) is 93.8 cm³/mol. The summed E-state index contributed by atoms with van der Waals surface area (Å²) in [7, 11) is -1.14. The second kappa shape index (κ2) is 8.83. The molecule has 0 aliphatic carbocycles. The third-order valence-electron chi connectivity index (χ3n) is 3.33. The van der Waals surface area contributed by atoms with E-state index in [1.807, 2.05) is 0 Å². The van der Waals surface area contributed by atoms with Crippen molar-refractivity contribution in [1.82, 2.24) is 14.9 Å². The largest absolute Gasteiger partial charge is 0.458 e. The van der Waals surface area contributed by atoms with Gasteiger partial charge in [-0.25, -0.2) is 9.78 Å². The van der Waals surface area contributed by atoms with Gasteiger partial charge in [-0.15, -0.1) is 0 Å². The lowest BCUT2D eigenvalue weighted by atomic mass is 10.3. The Balaban J connectivity index is 2.52. The zero-order chi connectivity index (χ0) is 18.3. The first-order chi connectivity index (χ1) is 11.1. The Morgan fingerprint density at radius 3 is 2.67 bits per heavy atom. The highest BCUT2D eigenvalue weighted by Crippen LogP contribution is 2.13. The lowest BCUT2D eigenvalue weighted by Crippen LogP contribution is -2.38. The molecule has 9 heteroatoms. The van der Waals surface area contributed by atoms with E-state index in [9.17, 15) is 9.59 Å². The molecule has 1 atom stereocenters. The van der Waals surface area contributed by atoms with Gasteiger partial charge in [0.25, 0.3) is 0 Å². The van der Waals surface area contributed by atoms with Crippen LogP contribution in [-0.4, -0.2) is 42.2 Å². The van der Waals surface area contributed by atoms with Gasteiger partial charge in [-0.3, -0.25) is 4.79 Å². The summed E-state index contributed by atoms with van der Waals surface area (Å²) in [5.74, 6) is -0.527. The molecule has 1 heterocycles. The van der Waals surface area contributed by atoms with Crippen molar-refractivity contribution in [2.24, 2.45) is 0 Å². The number of nitrogens with one attached hydrogen (secondary N) is 1. The van der Waals surface area contributed by atoms with Gasteiger partial charge in [0.15, 0.2) is 0 Å². The predicted octanol–water partition coefficient (Wildman–Crippen LogP) is 1.35. The average Bonchev–Trinajstić information content (AvgIpc) is 2.79. The molecule has 1 aromatic heterocycles. The van der Waals surface area contributed by atoms with Gasteiger partial charge in [-0.1, -0.05) is 19.6 Å². The summed E-state index contributed by atoms with van der Waals surface area (Å²) in [6.45, 7) is 10.7. The second-order valence-electron chi connectivity index (χ2n) is 6.92. The Bertz CT molecular complexity index is 568. The first-order valence-corrected chi connectivity index (χ1v) is 11.6. The maximum atomic E-state index is 11.8. The normalized spacial score (nSPS) is 12.7. The smallest absolute Gasteiger partial charge is 0.328 e. The summed E-state index contributed by atoms with van der Waals surface area (Å²) < 4.78 is 12.6. The Hall–Kier alpha value is -1.87. The number of amides is 1. The minimum absolute atomic E-state index is 0.0219. The monoisotopic (exact) mass is 356 g/mol. The number of imidazole rings is 1. The molecular formula is C15H28N4O4Si. The summed E-state index contributed by atoms with van der Waals surface area (Å²) in [5, 5.41) is 2.47. The van der Waals surface area contributed by atoms with Crippen molar-refractivity contribution < 1.29 is 19.1 Å². The molecule has 0 fully saturated rings. The van der Waals surface area contributed by atoms with Crippen molar-refractivity contribution in [1.29, 1.82) is 0 Å². The number of nitrogens with two attached hydrogens (primary N) is 1.